The molecule has 3 aromatic rings. The van der Waals surface area contributed by atoms with E-state index in [1.54, 1.807) is 24.3 Å². The number of hydrogen-bond acceptors (Lipinski definition) is 7. The van der Waals surface area contributed by atoms with Crippen LogP contribution >= 0.6 is 0 Å². The van der Waals surface area contributed by atoms with Crippen LogP contribution in [0.25, 0.3) is 22.3 Å². The highest BCUT2D eigenvalue weighted by molar-refractivity contribution is 5.92. The van der Waals surface area contributed by atoms with E-state index in [-0.39, 0.29) is 22.5 Å². The first-order valence-corrected chi connectivity index (χ1v) is 6.91. The summed E-state index contributed by atoms with van der Waals surface area (Å²) in [6.07, 6.45) is 0. The third-order valence-corrected chi connectivity index (χ3v) is 3.61. The van der Waals surface area contributed by atoms with Crippen molar-refractivity contribution < 1.29 is 29.2 Å². The molecule has 2 aromatic carbocycles. The lowest BCUT2D eigenvalue weighted by molar-refractivity contribution is 0.383. The summed E-state index contributed by atoms with van der Waals surface area (Å²) in [5.41, 5.74) is -0.504. The number of methoxy groups -OCH3 is 2. The van der Waals surface area contributed by atoms with Gasteiger partial charge < -0.3 is 29.2 Å². The Morgan fingerprint density at radius 1 is 0.958 bits per heavy atom. The number of fused-ring (bicyclic) bond motifs is 1. The monoisotopic (exact) mass is 330 g/mol. The van der Waals surface area contributed by atoms with Crippen molar-refractivity contribution >= 4 is 11.0 Å². The van der Waals surface area contributed by atoms with E-state index in [0.717, 1.165) is 6.07 Å². The average molecular weight is 330 g/mol. The first kappa shape index (κ1) is 15.5. The molecule has 0 aliphatic rings. The van der Waals surface area contributed by atoms with Gasteiger partial charge in [-0.3, -0.25) is 4.79 Å². The minimum atomic E-state index is -0.669. The van der Waals surface area contributed by atoms with Gasteiger partial charge in [0.15, 0.2) is 17.1 Å². The molecule has 7 heteroatoms. The van der Waals surface area contributed by atoms with E-state index in [0.29, 0.717) is 11.3 Å². The van der Waals surface area contributed by atoms with Crippen molar-refractivity contribution in [2.45, 2.75) is 0 Å². The molecule has 7 nitrogen and oxygen atoms in total. The van der Waals surface area contributed by atoms with Gasteiger partial charge in [-0.2, -0.15) is 0 Å². The maximum atomic E-state index is 12.6. The molecule has 1 heterocycles. The molecule has 0 amide bonds. The number of ether oxygens (including phenoxy) is 2. The lowest BCUT2D eigenvalue weighted by atomic mass is 10.1. The van der Waals surface area contributed by atoms with Crippen LogP contribution in [0.5, 0.6) is 28.7 Å². The van der Waals surface area contributed by atoms with Crippen LogP contribution in [0.3, 0.4) is 0 Å². The Bertz CT molecular complexity index is 971. The van der Waals surface area contributed by atoms with E-state index in [9.17, 15) is 20.1 Å². The van der Waals surface area contributed by atoms with Gasteiger partial charge in [0.05, 0.1) is 14.2 Å². The fourth-order valence-electron chi connectivity index (χ4n) is 2.42. The summed E-state index contributed by atoms with van der Waals surface area (Å²) < 4.78 is 15.8. The Balaban J connectivity index is 2.39. The molecule has 0 spiro atoms. The summed E-state index contributed by atoms with van der Waals surface area (Å²) in [7, 11) is 2.82. The number of phenolic OH excluding ortho intramolecular Hbond substituents is 3. The average Bonchev–Trinajstić information content (AvgIpc) is 2.59. The molecule has 0 aliphatic carbocycles. The van der Waals surface area contributed by atoms with E-state index in [2.05, 4.69) is 0 Å². The van der Waals surface area contributed by atoms with Crippen molar-refractivity contribution in [2.75, 3.05) is 14.2 Å². The highest BCUT2D eigenvalue weighted by atomic mass is 16.5. The third kappa shape index (κ3) is 2.26. The van der Waals surface area contributed by atoms with Crippen molar-refractivity contribution in [1.29, 1.82) is 0 Å². The number of phenols is 3. The number of benzene rings is 2. The molecule has 0 aliphatic heterocycles. The number of rotatable bonds is 3. The molecule has 0 atom stereocenters. The predicted octanol–water partition coefficient (Wildman–Crippen LogP) is 2.59. The smallest absolute Gasteiger partial charge is 0.239 e. The van der Waals surface area contributed by atoms with Crippen molar-refractivity contribution in [1.82, 2.24) is 0 Å². The van der Waals surface area contributed by atoms with Gasteiger partial charge in [0.1, 0.15) is 16.9 Å². The van der Waals surface area contributed by atoms with Gasteiger partial charge in [-0.25, -0.2) is 0 Å². The fraction of sp³-hybridized carbons (Fsp3) is 0.118. The van der Waals surface area contributed by atoms with Crippen LogP contribution in [0.15, 0.2) is 39.5 Å². The van der Waals surface area contributed by atoms with Crippen molar-refractivity contribution in [3.63, 3.8) is 0 Å². The predicted molar refractivity (Wildman–Crippen MR) is 86.0 cm³/mol. The van der Waals surface area contributed by atoms with Crippen LogP contribution in [0.1, 0.15) is 0 Å². The lowest BCUT2D eigenvalue weighted by Gasteiger charge is -2.11. The Morgan fingerprint density at radius 3 is 2.21 bits per heavy atom. The molecule has 1 aromatic heterocycles. The maximum Gasteiger partial charge on any atom is 0.239 e. The molecule has 0 bridgehead atoms. The van der Waals surface area contributed by atoms with Crippen LogP contribution in [0.4, 0.5) is 0 Å². The van der Waals surface area contributed by atoms with Gasteiger partial charge in [-0.1, -0.05) is 0 Å². The van der Waals surface area contributed by atoms with Crippen LogP contribution < -0.4 is 14.9 Å². The Hall–Kier alpha value is -3.35. The zero-order valence-electron chi connectivity index (χ0n) is 12.9. The topological polar surface area (TPSA) is 109 Å². The molecule has 124 valence electrons. The Labute approximate surface area is 135 Å². The number of aromatic hydroxyl groups is 3. The molecule has 24 heavy (non-hydrogen) atoms. The quantitative estimate of drug-likeness (QED) is 0.500. The summed E-state index contributed by atoms with van der Waals surface area (Å²) in [5, 5.41) is 29.2. The second kappa shape index (κ2) is 5.69. The summed E-state index contributed by atoms with van der Waals surface area (Å²) in [5.74, 6) is -1.23. The van der Waals surface area contributed by atoms with E-state index in [1.165, 1.54) is 14.2 Å². The van der Waals surface area contributed by atoms with Crippen molar-refractivity contribution in [3.8, 4) is 40.1 Å². The highest BCUT2D eigenvalue weighted by Gasteiger charge is 2.23. The lowest BCUT2D eigenvalue weighted by Crippen LogP contribution is -2.08. The highest BCUT2D eigenvalue weighted by Crippen LogP contribution is 2.42. The molecule has 3 rings (SSSR count). The van der Waals surface area contributed by atoms with Gasteiger partial charge in [0.25, 0.3) is 0 Å². The molecular weight excluding hydrogens is 316 g/mol. The Morgan fingerprint density at radius 2 is 1.62 bits per heavy atom. The normalized spacial score (nSPS) is 10.8. The van der Waals surface area contributed by atoms with Crippen LogP contribution in [0, 0.1) is 0 Å². The second-order valence-electron chi connectivity index (χ2n) is 4.99. The third-order valence-electron chi connectivity index (χ3n) is 3.61. The largest absolute Gasteiger partial charge is 0.507 e. The molecule has 0 fully saturated rings. The summed E-state index contributed by atoms with van der Waals surface area (Å²) in [6.45, 7) is 0. The van der Waals surface area contributed by atoms with Crippen molar-refractivity contribution in [3.05, 3.63) is 40.6 Å². The van der Waals surface area contributed by atoms with Crippen LogP contribution in [-0.4, -0.2) is 29.5 Å². The zero-order valence-corrected chi connectivity index (χ0v) is 12.9. The molecule has 0 saturated heterocycles. The second-order valence-corrected chi connectivity index (χ2v) is 4.99. The molecule has 3 N–H and O–H groups in total. The first-order chi connectivity index (χ1) is 11.5. The summed E-state index contributed by atoms with van der Waals surface area (Å²) >= 11 is 0. The van der Waals surface area contributed by atoms with Gasteiger partial charge in [-0.05, 0) is 24.3 Å². The number of hydrogen-bond donors (Lipinski definition) is 3. The minimum Gasteiger partial charge on any atom is -0.507 e. The van der Waals surface area contributed by atoms with Gasteiger partial charge in [0.2, 0.25) is 16.9 Å². The van der Waals surface area contributed by atoms with Crippen LogP contribution in [0.2, 0.25) is 0 Å². The van der Waals surface area contributed by atoms with Gasteiger partial charge >= 0.3 is 0 Å². The Kier molecular flexibility index (Phi) is 3.69. The van der Waals surface area contributed by atoms with Gasteiger partial charge in [0, 0.05) is 11.6 Å². The van der Waals surface area contributed by atoms with E-state index in [1.807, 2.05) is 0 Å². The minimum absolute atomic E-state index is 0.0537. The first-order valence-electron chi connectivity index (χ1n) is 6.91. The standard InChI is InChI=1S/C17H14O7/c1-22-9-5-3-8(4-6-9)15-17(23-2)14(21)12-10(18)7-11(19)13(20)16(12)24-15/h3-7,18-20H,1-2H3. The maximum absolute atomic E-state index is 12.6. The summed E-state index contributed by atoms with van der Waals surface area (Å²) in [4.78, 5) is 12.6. The van der Waals surface area contributed by atoms with Crippen LogP contribution in [-0.2, 0) is 0 Å². The van der Waals surface area contributed by atoms with E-state index >= 15 is 0 Å². The van der Waals surface area contributed by atoms with E-state index in [4.69, 9.17) is 13.9 Å². The SMILES string of the molecule is COc1ccc(-c2oc3c(O)c(O)cc(O)c3c(=O)c2OC)cc1. The van der Waals surface area contributed by atoms with E-state index < -0.39 is 22.7 Å². The molecular formula is C17H14O7. The fourth-order valence-corrected chi connectivity index (χ4v) is 2.42. The molecule has 0 saturated carbocycles. The zero-order chi connectivity index (χ0) is 17.4. The van der Waals surface area contributed by atoms with Crippen molar-refractivity contribution in [2.24, 2.45) is 0 Å². The molecule has 0 radical (unpaired) electrons. The summed E-state index contributed by atoms with van der Waals surface area (Å²) in [6, 6.07) is 7.48. The molecule has 0 unspecified atom stereocenters. The van der Waals surface area contributed by atoms with Gasteiger partial charge in [-0.15, -0.1) is 0 Å².